The van der Waals surface area contributed by atoms with Crippen LogP contribution in [0.2, 0.25) is 0 Å². The van der Waals surface area contributed by atoms with Crippen LogP contribution in [-0.2, 0) is 13.5 Å². The largest absolute Gasteiger partial charge is 0.392 e. The lowest BCUT2D eigenvalue weighted by Crippen LogP contribution is -2.16. The summed E-state index contributed by atoms with van der Waals surface area (Å²) in [5.74, 6) is 0.681. The van der Waals surface area contributed by atoms with Gasteiger partial charge in [-0.25, -0.2) is 0 Å². The van der Waals surface area contributed by atoms with Gasteiger partial charge in [0, 0.05) is 24.1 Å². The Hall–Kier alpha value is -0.780. The van der Waals surface area contributed by atoms with Gasteiger partial charge in [0.05, 0.1) is 22.0 Å². The molecule has 1 N–H and O–H groups in total. The van der Waals surface area contributed by atoms with E-state index >= 15 is 0 Å². The van der Waals surface area contributed by atoms with Crippen LogP contribution in [-0.4, -0.2) is 26.7 Å². The number of rotatable bonds is 5. The number of hydrogen-bond acceptors (Lipinski definition) is 3. The van der Waals surface area contributed by atoms with Gasteiger partial charge in [0.1, 0.15) is 0 Å². The maximum Gasteiger partial charge on any atom is 0.0738 e. The number of nitrogens with zero attached hydrogens (tertiary/aromatic N) is 2. The molecule has 3 nitrogen and oxygen atoms in total. The van der Waals surface area contributed by atoms with Crippen molar-refractivity contribution in [1.82, 2.24) is 9.78 Å². The summed E-state index contributed by atoms with van der Waals surface area (Å²) in [6, 6.07) is 10.1. The molecule has 1 heterocycles. The molecule has 0 radical (unpaired) electrons. The average molecular weight is 341 g/mol. The van der Waals surface area contributed by atoms with Crippen molar-refractivity contribution in [2.45, 2.75) is 24.3 Å². The van der Waals surface area contributed by atoms with Crippen LogP contribution in [0.3, 0.4) is 0 Å². The Labute approximate surface area is 126 Å². The van der Waals surface area contributed by atoms with Crippen LogP contribution in [0, 0.1) is 6.92 Å². The number of halogens is 1. The maximum atomic E-state index is 10.1. The van der Waals surface area contributed by atoms with Gasteiger partial charge in [-0.05, 0) is 35.0 Å². The second-order valence-electron chi connectivity index (χ2n) is 4.45. The van der Waals surface area contributed by atoms with E-state index in [2.05, 4.69) is 33.2 Å². The number of aromatic nitrogens is 2. The quantitative estimate of drug-likeness (QED) is 0.849. The monoisotopic (exact) mass is 340 g/mol. The summed E-state index contributed by atoms with van der Waals surface area (Å²) in [7, 11) is 1.91. The zero-order valence-corrected chi connectivity index (χ0v) is 13.4. The zero-order chi connectivity index (χ0) is 13.8. The molecule has 5 heteroatoms. The van der Waals surface area contributed by atoms with Gasteiger partial charge >= 0.3 is 0 Å². The van der Waals surface area contributed by atoms with Crippen LogP contribution >= 0.6 is 27.7 Å². The van der Waals surface area contributed by atoms with Crippen molar-refractivity contribution in [1.29, 1.82) is 0 Å². The first-order valence-corrected chi connectivity index (χ1v) is 7.89. The molecule has 0 fully saturated rings. The smallest absolute Gasteiger partial charge is 0.0738 e. The van der Waals surface area contributed by atoms with E-state index in [0.717, 1.165) is 15.9 Å². The minimum absolute atomic E-state index is 0.378. The zero-order valence-electron chi connectivity index (χ0n) is 11.0. The standard InChI is InChI=1S/C14H17BrN2OS/c1-10-14(15)13(17(2)16-10)8-11(18)9-19-12-6-4-3-5-7-12/h3-7,11,18H,8-9H2,1-2H3. The Balaban J connectivity index is 1.92. The summed E-state index contributed by atoms with van der Waals surface area (Å²) in [5.41, 5.74) is 2.00. The van der Waals surface area contributed by atoms with Crippen molar-refractivity contribution in [3.63, 3.8) is 0 Å². The molecule has 2 aromatic rings. The average Bonchev–Trinajstić information content (AvgIpc) is 2.64. The minimum Gasteiger partial charge on any atom is -0.392 e. The fourth-order valence-corrected chi connectivity index (χ4v) is 3.24. The molecule has 1 aromatic carbocycles. The molecule has 0 aliphatic rings. The Morgan fingerprint density at radius 3 is 2.63 bits per heavy atom. The van der Waals surface area contributed by atoms with E-state index in [1.54, 1.807) is 11.8 Å². The molecule has 0 amide bonds. The lowest BCUT2D eigenvalue weighted by atomic mass is 10.2. The third kappa shape index (κ3) is 3.84. The Kier molecular flexibility index (Phi) is 5.07. The highest BCUT2D eigenvalue weighted by atomic mass is 79.9. The lowest BCUT2D eigenvalue weighted by molar-refractivity contribution is 0.197. The molecule has 1 unspecified atom stereocenters. The molecule has 102 valence electrons. The number of thioether (sulfide) groups is 1. The van der Waals surface area contributed by atoms with Crippen LogP contribution in [0.1, 0.15) is 11.4 Å². The lowest BCUT2D eigenvalue weighted by Gasteiger charge is -2.11. The van der Waals surface area contributed by atoms with Gasteiger partial charge in [0.25, 0.3) is 0 Å². The van der Waals surface area contributed by atoms with E-state index < -0.39 is 0 Å². The normalized spacial score (nSPS) is 12.6. The van der Waals surface area contributed by atoms with E-state index in [1.165, 1.54) is 4.90 Å². The van der Waals surface area contributed by atoms with Crippen LogP contribution in [0.25, 0.3) is 0 Å². The van der Waals surface area contributed by atoms with Crippen LogP contribution in [0.5, 0.6) is 0 Å². The molecule has 0 saturated heterocycles. The number of hydrogen-bond donors (Lipinski definition) is 1. The molecule has 2 rings (SSSR count). The van der Waals surface area contributed by atoms with Gasteiger partial charge in [-0.1, -0.05) is 18.2 Å². The second-order valence-corrected chi connectivity index (χ2v) is 6.34. The highest BCUT2D eigenvalue weighted by Gasteiger charge is 2.15. The van der Waals surface area contributed by atoms with Gasteiger partial charge in [-0.3, -0.25) is 4.68 Å². The first-order valence-electron chi connectivity index (χ1n) is 6.12. The second kappa shape index (κ2) is 6.59. The predicted molar refractivity (Wildman–Crippen MR) is 82.5 cm³/mol. The number of aliphatic hydroxyl groups is 1. The molecular weight excluding hydrogens is 324 g/mol. The fourth-order valence-electron chi connectivity index (χ4n) is 1.89. The third-order valence-corrected chi connectivity index (χ3v) is 5.06. The predicted octanol–water partition coefficient (Wildman–Crippen LogP) is 3.19. The van der Waals surface area contributed by atoms with Crippen LogP contribution in [0.4, 0.5) is 0 Å². The molecule has 0 bridgehead atoms. The Morgan fingerprint density at radius 2 is 2.05 bits per heavy atom. The molecule has 0 spiro atoms. The molecule has 1 aromatic heterocycles. The van der Waals surface area contributed by atoms with Crippen molar-refractivity contribution in [3.8, 4) is 0 Å². The maximum absolute atomic E-state index is 10.1. The number of benzene rings is 1. The Morgan fingerprint density at radius 1 is 1.37 bits per heavy atom. The van der Waals surface area contributed by atoms with Crippen LogP contribution in [0.15, 0.2) is 39.7 Å². The first-order chi connectivity index (χ1) is 9.08. The minimum atomic E-state index is -0.378. The third-order valence-electron chi connectivity index (χ3n) is 2.88. The van der Waals surface area contributed by atoms with Crippen molar-refractivity contribution in [3.05, 3.63) is 46.2 Å². The van der Waals surface area contributed by atoms with E-state index in [4.69, 9.17) is 0 Å². The van der Waals surface area contributed by atoms with Gasteiger partial charge in [-0.15, -0.1) is 11.8 Å². The van der Waals surface area contributed by atoms with Crippen molar-refractivity contribution in [2.24, 2.45) is 7.05 Å². The van der Waals surface area contributed by atoms with Gasteiger partial charge < -0.3 is 5.11 Å². The SMILES string of the molecule is Cc1nn(C)c(CC(O)CSc2ccccc2)c1Br. The molecular formula is C14H17BrN2OS. The fraction of sp³-hybridized carbons (Fsp3) is 0.357. The summed E-state index contributed by atoms with van der Waals surface area (Å²) >= 11 is 5.20. The van der Waals surface area contributed by atoms with Crippen molar-refractivity contribution >= 4 is 27.7 Å². The molecule has 19 heavy (non-hydrogen) atoms. The van der Waals surface area contributed by atoms with E-state index in [9.17, 15) is 5.11 Å². The summed E-state index contributed by atoms with van der Waals surface area (Å²) in [6.45, 7) is 1.96. The van der Waals surface area contributed by atoms with Crippen molar-refractivity contribution < 1.29 is 5.11 Å². The number of aliphatic hydroxyl groups excluding tert-OH is 1. The first kappa shape index (κ1) is 14.6. The summed E-state index contributed by atoms with van der Waals surface area (Å²) in [4.78, 5) is 1.18. The van der Waals surface area contributed by atoms with Gasteiger partial charge in [-0.2, -0.15) is 5.10 Å². The summed E-state index contributed by atoms with van der Waals surface area (Å²) in [6.07, 6.45) is 0.230. The highest BCUT2D eigenvalue weighted by molar-refractivity contribution is 9.10. The number of aryl methyl sites for hydroxylation is 2. The molecule has 0 saturated carbocycles. The van der Waals surface area contributed by atoms with Gasteiger partial charge in [0.2, 0.25) is 0 Å². The molecule has 0 aliphatic heterocycles. The van der Waals surface area contributed by atoms with E-state index in [1.807, 2.05) is 36.9 Å². The highest BCUT2D eigenvalue weighted by Crippen LogP contribution is 2.24. The van der Waals surface area contributed by atoms with Crippen molar-refractivity contribution in [2.75, 3.05) is 5.75 Å². The summed E-state index contributed by atoms with van der Waals surface area (Å²) < 4.78 is 2.83. The topological polar surface area (TPSA) is 38.0 Å². The molecule has 1 atom stereocenters. The Bertz CT molecular complexity index is 542. The van der Waals surface area contributed by atoms with E-state index in [-0.39, 0.29) is 6.10 Å². The molecule has 0 aliphatic carbocycles. The summed E-state index contributed by atoms with van der Waals surface area (Å²) in [5, 5.41) is 14.5. The van der Waals surface area contributed by atoms with Crippen LogP contribution < -0.4 is 0 Å². The van der Waals surface area contributed by atoms with Gasteiger partial charge in [0.15, 0.2) is 0 Å². The van der Waals surface area contributed by atoms with E-state index in [0.29, 0.717) is 12.2 Å².